The van der Waals surface area contributed by atoms with Gasteiger partial charge in [-0.3, -0.25) is 0 Å². The SMILES string of the molecule is CCc1nnc(C)cc1C(N)c1ccc(C)cc1. The van der Waals surface area contributed by atoms with Crippen molar-refractivity contribution in [1.82, 2.24) is 10.2 Å². The van der Waals surface area contributed by atoms with Gasteiger partial charge in [0.1, 0.15) is 0 Å². The molecule has 3 nitrogen and oxygen atoms in total. The summed E-state index contributed by atoms with van der Waals surface area (Å²) in [5, 5.41) is 8.33. The van der Waals surface area contributed by atoms with Gasteiger partial charge >= 0.3 is 0 Å². The topological polar surface area (TPSA) is 51.8 Å². The third-order valence-corrected chi connectivity index (χ3v) is 3.13. The molecule has 0 fully saturated rings. The molecule has 1 aromatic heterocycles. The van der Waals surface area contributed by atoms with Crippen LogP contribution in [0.4, 0.5) is 0 Å². The minimum absolute atomic E-state index is 0.130. The molecule has 1 atom stereocenters. The molecule has 0 bridgehead atoms. The van der Waals surface area contributed by atoms with Crippen LogP contribution in [-0.2, 0) is 6.42 Å². The van der Waals surface area contributed by atoms with Crippen molar-refractivity contribution in [3.8, 4) is 0 Å². The lowest BCUT2D eigenvalue weighted by atomic mass is 9.96. The van der Waals surface area contributed by atoms with Gasteiger partial charge in [0.05, 0.1) is 17.4 Å². The third-order valence-electron chi connectivity index (χ3n) is 3.13. The normalized spacial score (nSPS) is 12.4. The highest BCUT2D eigenvalue weighted by Crippen LogP contribution is 2.22. The molecule has 2 N–H and O–H groups in total. The fourth-order valence-electron chi connectivity index (χ4n) is 2.03. The zero-order chi connectivity index (χ0) is 13.1. The van der Waals surface area contributed by atoms with Crippen LogP contribution in [0.3, 0.4) is 0 Å². The van der Waals surface area contributed by atoms with Crippen LogP contribution in [0, 0.1) is 13.8 Å². The third kappa shape index (κ3) is 2.57. The van der Waals surface area contributed by atoms with E-state index in [9.17, 15) is 0 Å². The molecular formula is C15H19N3. The predicted molar refractivity (Wildman–Crippen MR) is 73.4 cm³/mol. The Morgan fingerprint density at radius 3 is 2.39 bits per heavy atom. The average molecular weight is 241 g/mol. The summed E-state index contributed by atoms with van der Waals surface area (Å²) in [6, 6.07) is 10.2. The highest BCUT2D eigenvalue weighted by molar-refractivity contribution is 5.35. The first-order valence-corrected chi connectivity index (χ1v) is 6.27. The van der Waals surface area contributed by atoms with E-state index in [1.807, 2.05) is 13.0 Å². The number of hydrogen-bond donors (Lipinski definition) is 1. The maximum Gasteiger partial charge on any atom is 0.0679 e. The molecule has 18 heavy (non-hydrogen) atoms. The van der Waals surface area contributed by atoms with E-state index >= 15 is 0 Å². The summed E-state index contributed by atoms with van der Waals surface area (Å²) in [7, 11) is 0. The number of benzene rings is 1. The number of nitrogens with zero attached hydrogens (tertiary/aromatic N) is 2. The molecule has 94 valence electrons. The van der Waals surface area contributed by atoms with Crippen molar-refractivity contribution in [3.05, 3.63) is 58.4 Å². The van der Waals surface area contributed by atoms with Gasteiger partial charge in [0.25, 0.3) is 0 Å². The zero-order valence-electron chi connectivity index (χ0n) is 11.1. The second-order valence-electron chi connectivity index (χ2n) is 4.63. The molecule has 2 aromatic rings. The minimum Gasteiger partial charge on any atom is -0.320 e. The predicted octanol–water partition coefficient (Wildman–Crippen LogP) is 2.70. The van der Waals surface area contributed by atoms with E-state index in [-0.39, 0.29) is 6.04 Å². The van der Waals surface area contributed by atoms with Crippen LogP contribution in [0.5, 0.6) is 0 Å². The van der Waals surface area contributed by atoms with Gasteiger partial charge in [0, 0.05) is 0 Å². The van der Waals surface area contributed by atoms with Crippen molar-refractivity contribution in [2.24, 2.45) is 5.73 Å². The number of aromatic nitrogens is 2. The van der Waals surface area contributed by atoms with Crippen LogP contribution in [0.15, 0.2) is 30.3 Å². The summed E-state index contributed by atoms with van der Waals surface area (Å²) in [6.45, 7) is 6.09. The average Bonchev–Trinajstić information content (AvgIpc) is 2.39. The molecule has 0 aliphatic heterocycles. The van der Waals surface area contributed by atoms with Gasteiger partial charge in [-0.1, -0.05) is 36.8 Å². The van der Waals surface area contributed by atoms with E-state index in [2.05, 4.69) is 48.3 Å². The van der Waals surface area contributed by atoms with Gasteiger partial charge in [0.15, 0.2) is 0 Å². The Balaban J connectivity index is 2.41. The molecule has 1 aromatic carbocycles. The first kappa shape index (κ1) is 12.7. The molecular weight excluding hydrogens is 222 g/mol. The monoisotopic (exact) mass is 241 g/mol. The highest BCUT2D eigenvalue weighted by Gasteiger charge is 2.14. The van der Waals surface area contributed by atoms with Crippen molar-refractivity contribution < 1.29 is 0 Å². The molecule has 0 aliphatic rings. The Morgan fingerprint density at radius 1 is 1.11 bits per heavy atom. The summed E-state index contributed by atoms with van der Waals surface area (Å²) in [6.07, 6.45) is 0.849. The van der Waals surface area contributed by atoms with E-state index < -0.39 is 0 Å². The van der Waals surface area contributed by atoms with Crippen LogP contribution in [0.1, 0.15) is 41.0 Å². The number of aryl methyl sites for hydroxylation is 3. The molecule has 0 radical (unpaired) electrons. The standard InChI is InChI=1S/C15H19N3/c1-4-14-13(9-11(3)17-18-14)15(16)12-7-5-10(2)6-8-12/h5-9,15H,4,16H2,1-3H3. The van der Waals surface area contributed by atoms with Crippen molar-refractivity contribution in [3.63, 3.8) is 0 Å². The summed E-state index contributed by atoms with van der Waals surface area (Å²) >= 11 is 0. The molecule has 0 saturated heterocycles. The molecule has 0 aliphatic carbocycles. The molecule has 0 saturated carbocycles. The lowest BCUT2D eigenvalue weighted by Gasteiger charge is -2.16. The van der Waals surface area contributed by atoms with E-state index in [1.54, 1.807) is 0 Å². The van der Waals surface area contributed by atoms with Crippen molar-refractivity contribution in [1.29, 1.82) is 0 Å². The van der Waals surface area contributed by atoms with Crippen LogP contribution in [-0.4, -0.2) is 10.2 Å². The Hall–Kier alpha value is -1.74. The fraction of sp³-hybridized carbons (Fsp3) is 0.333. The first-order valence-electron chi connectivity index (χ1n) is 6.27. The maximum atomic E-state index is 6.34. The number of hydrogen-bond acceptors (Lipinski definition) is 3. The molecule has 1 unspecified atom stereocenters. The van der Waals surface area contributed by atoms with Crippen molar-refractivity contribution in [2.75, 3.05) is 0 Å². The van der Waals surface area contributed by atoms with Crippen LogP contribution < -0.4 is 5.73 Å². The largest absolute Gasteiger partial charge is 0.320 e. The summed E-state index contributed by atoms with van der Waals surface area (Å²) in [5.41, 5.74) is 11.7. The van der Waals surface area contributed by atoms with Crippen molar-refractivity contribution >= 4 is 0 Å². The van der Waals surface area contributed by atoms with E-state index in [1.165, 1.54) is 5.56 Å². The first-order chi connectivity index (χ1) is 8.61. The van der Waals surface area contributed by atoms with Gasteiger partial charge in [-0.05, 0) is 37.5 Å². The van der Waals surface area contributed by atoms with Crippen LogP contribution in [0.25, 0.3) is 0 Å². The Kier molecular flexibility index (Phi) is 3.72. The fourth-order valence-corrected chi connectivity index (χ4v) is 2.03. The lowest BCUT2D eigenvalue weighted by Crippen LogP contribution is -2.16. The van der Waals surface area contributed by atoms with Crippen LogP contribution >= 0.6 is 0 Å². The Morgan fingerprint density at radius 2 is 1.78 bits per heavy atom. The van der Waals surface area contributed by atoms with Gasteiger partial charge in [0.2, 0.25) is 0 Å². The Labute approximate surface area is 108 Å². The van der Waals surface area contributed by atoms with E-state index in [0.717, 1.165) is 28.9 Å². The van der Waals surface area contributed by atoms with Gasteiger partial charge < -0.3 is 5.73 Å². The molecule has 2 rings (SSSR count). The van der Waals surface area contributed by atoms with E-state index in [0.29, 0.717) is 0 Å². The zero-order valence-corrected chi connectivity index (χ0v) is 11.1. The summed E-state index contributed by atoms with van der Waals surface area (Å²) < 4.78 is 0. The van der Waals surface area contributed by atoms with Crippen molar-refractivity contribution in [2.45, 2.75) is 33.2 Å². The number of nitrogens with two attached hydrogens (primary N) is 1. The van der Waals surface area contributed by atoms with Gasteiger partial charge in [-0.2, -0.15) is 10.2 Å². The second kappa shape index (κ2) is 5.27. The highest BCUT2D eigenvalue weighted by atomic mass is 15.1. The lowest BCUT2D eigenvalue weighted by molar-refractivity contribution is 0.789. The molecule has 1 heterocycles. The number of rotatable bonds is 3. The van der Waals surface area contributed by atoms with Gasteiger partial charge in [-0.25, -0.2) is 0 Å². The van der Waals surface area contributed by atoms with E-state index in [4.69, 9.17) is 5.73 Å². The summed E-state index contributed by atoms with van der Waals surface area (Å²) in [4.78, 5) is 0. The Bertz CT molecular complexity index is 532. The minimum atomic E-state index is -0.130. The molecule has 3 heteroatoms. The quantitative estimate of drug-likeness (QED) is 0.899. The second-order valence-corrected chi connectivity index (χ2v) is 4.63. The molecule has 0 amide bonds. The summed E-state index contributed by atoms with van der Waals surface area (Å²) in [5.74, 6) is 0. The van der Waals surface area contributed by atoms with Crippen LogP contribution in [0.2, 0.25) is 0 Å². The van der Waals surface area contributed by atoms with Gasteiger partial charge in [-0.15, -0.1) is 0 Å². The molecule has 0 spiro atoms. The maximum absolute atomic E-state index is 6.34. The smallest absolute Gasteiger partial charge is 0.0679 e.